The van der Waals surface area contributed by atoms with E-state index in [1.54, 1.807) is 6.07 Å². The fourth-order valence-corrected chi connectivity index (χ4v) is 3.10. The average molecular weight is 233 g/mol. The van der Waals surface area contributed by atoms with Crippen LogP contribution in [0.2, 0.25) is 0 Å². The zero-order valence-corrected chi connectivity index (χ0v) is 10.9. The molecule has 94 valence electrons. The van der Waals surface area contributed by atoms with Gasteiger partial charge in [-0.05, 0) is 32.4 Å². The van der Waals surface area contributed by atoms with Crippen LogP contribution in [0.3, 0.4) is 0 Å². The van der Waals surface area contributed by atoms with Crippen molar-refractivity contribution < 1.29 is 5.11 Å². The molecule has 0 amide bonds. The summed E-state index contributed by atoms with van der Waals surface area (Å²) in [6, 6.07) is 8.73. The van der Waals surface area contributed by atoms with Crippen molar-refractivity contribution in [1.29, 1.82) is 0 Å². The molecule has 1 aromatic rings. The van der Waals surface area contributed by atoms with Crippen molar-refractivity contribution in [3.8, 4) is 5.75 Å². The number of phenolic OH excluding ortho intramolecular Hbond substituents is 1. The van der Waals surface area contributed by atoms with Gasteiger partial charge < -0.3 is 5.11 Å². The molecule has 0 bridgehead atoms. The molecular formula is C15H23NO. The highest BCUT2D eigenvalue weighted by molar-refractivity contribution is 5.34. The number of phenols is 1. The van der Waals surface area contributed by atoms with Gasteiger partial charge in [0.1, 0.15) is 5.75 Å². The average Bonchev–Trinajstić information content (AvgIpc) is 2.84. The van der Waals surface area contributed by atoms with Gasteiger partial charge in [0.15, 0.2) is 0 Å². The first-order chi connectivity index (χ1) is 8.24. The Kier molecular flexibility index (Phi) is 4.06. The molecule has 0 spiro atoms. The van der Waals surface area contributed by atoms with Gasteiger partial charge in [0.05, 0.1) is 0 Å². The molecule has 1 aromatic carbocycles. The summed E-state index contributed by atoms with van der Waals surface area (Å²) < 4.78 is 0. The maximum Gasteiger partial charge on any atom is 0.120 e. The lowest BCUT2D eigenvalue weighted by molar-refractivity contribution is 0.152. The maximum absolute atomic E-state index is 9.94. The van der Waals surface area contributed by atoms with Crippen LogP contribution in [0.1, 0.15) is 51.1 Å². The highest BCUT2D eigenvalue weighted by atomic mass is 16.3. The summed E-state index contributed by atoms with van der Waals surface area (Å²) in [6.45, 7) is 5.48. The molecule has 1 aliphatic rings. The molecule has 2 nitrogen and oxygen atoms in total. The zero-order chi connectivity index (χ0) is 12.3. The van der Waals surface area contributed by atoms with Crippen LogP contribution in [0.25, 0.3) is 0 Å². The van der Waals surface area contributed by atoms with Crippen molar-refractivity contribution in [3.05, 3.63) is 29.8 Å². The molecular weight excluding hydrogens is 210 g/mol. The number of aromatic hydroxyl groups is 1. The predicted octanol–water partition coefficient (Wildman–Crippen LogP) is 3.72. The van der Waals surface area contributed by atoms with Crippen LogP contribution >= 0.6 is 0 Å². The van der Waals surface area contributed by atoms with Crippen molar-refractivity contribution in [2.24, 2.45) is 0 Å². The molecule has 1 N–H and O–H groups in total. The van der Waals surface area contributed by atoms with E-state index in [0.29, 0.717) is 17.8 Å². The summed E-state index contributed by atoms with van der Waals surface area (Å²) in [5, 5.41) is 9.94. The van der Waals surface area contributed by atoms with Crippen molar-refractivity contribution in [2.45, 2.75) is 51.6 Å². The third-order valence-corrected chi connectivity index (χ3v) is 4.04. The minimum absolute atomic E-state index is 0.310. The van der Waals surface area contributed by atoms with Gasteiger partial charge >= 0.3 is 0 Å². The number of nitrogens with zero attached hydrogens (tertiary/aromatic N) is 1. The Labute approximate surface area is 104 Å². The van der Waals surface area contributed by atoms with Gasteiger partial charge in [-0.1, -0.05) is 38.0 Å². The van der Waals surface area contributed by atoms with Crippen LogP contribution in [0.4, 0.5) is 0 Å². The standard InChI is InChI=1S/C15H23NO/c1-3-16(13-8-4-5-9-13)12(2)14-10-6-7-11-15(14)17/h6-7,10-13,17H,3-5,8-9H2,1-2H3. The number of benzene rings is 1. The highest BCUT2D eigenvalue weighted by Gasteiger charge is 2.26. The molecule has 0 aromatic heterocycles. The zero-order valence-electron chi connectivity index (χ0n) is 10.9. The van der Waals surface area contributed by atoms with Gasteiger partial charge in [0.25, 0.3) is 0 Å². The Morgan fingerprint density at radius 3 is 2.53 bits per heavy atom. The molecule has 0 heterocycles. The molecule has 1 aliphatic carbocycles. The monoisotopic (exact) mass is 233 g/mol. The van der Waals surface area contributed by atoms with E-state index in [1.165, 1.54) is 25.7 Å². The first-order valence-electron chi connectivity index (χ1n) is 6.77. The minimum atomic E-state index is 0.310. The van der Waals surface area contributed by atoms with E-state index in [0.717, 1.165) is 12.1 Å². The van der Waals surface area contributed by atoms with E-state index in [-0.39, 0.29) is 0 Å². The van der Waals surface area contributed by atoms with Crippen LogP contribution in [0, 0.1) is 0 Å². The van der Waals surface area contributed by atoms with Gasteiger partial charge in [-0.3, -0.25) is 4.90 Å². The number of rotatable bonds is 4. The van der Waals surface area contributed by atoms with Crippen molar-refractivity contribution in [1.82, 2.24) is 4.90 Å². The van der Waals surface area contributed by atoms with Crippen LogP contribution in [0.15, 0.2) is 24.3 Å². The molecule has 1 fully saturated rings. The maximum atomic E-state index is 9.94. The Balaban J connectivity index is 2.16. The van der Waals surface area contributed by atoms with Gasteiger partial charge in [-0.2, -0.15) is 0 Å². The minimum Gasteiger partial charge on any atom is -0.508 e. The van der Waals surface area contributed by atoms with E-state index in [4.69, 9.17) is 0 Å². The highest BCUT2D eigenvalue weighted by Crippen LogP contribution is 2.33. The van der Waals surface area contributed by atoms with Crippen LogP contribution in [-0.2, 0) is 0 Å². The molecule has 0 aliphatic heterocycles. The molecule has 1 unspecified atom stereocenters. The lowest BCUT2D eigenvalue weighted by Gasteiger charge is -2.34. The van der Waals surface area contributed by atoms with Crippen molar-refractivity contribution >= 4 is 0 Å². The molecule has 0 saturated heterocycles. The largest absolute Gasteiger partial charge is 0.508 e. The van der Waals surface area contributed by atoms with E-state index < -0.39 is 0 Å². The van der Waals surface area contributed by atoms with E-state index in [9.17, 15) is 5.11 Å². The van der Waals surface area contributed by atoms with E-state index >= 15 is 0 Å². The Bertz CT molecular complexity index is 358. The topological polar surface area (TPSA) is 23.5 Å². The first-order valence-corrected chi connectivity index (χ1v) is 6.77. The summed E-state index contributed by atoms with van der Waals surface area (Å²) in [5.41, 5.74) is 1.06. The molecule has 1 saturated carbocycles. The Morgan fingerprint density at radius 2 is 1.94 bits per heavy atom. The fourth-order valence-electron chi connectivity index (χ4n) is 3.10. The van der Waals surface area contributed by atoms with Gasteiger partial charge in [0.2, 0.25) is 0 Å². The van der Waals surface area contributed by atoms with Gasteiger partial charge in [-0.15, -0.1) is 0 Å². The quantitative estimate of drug-likeness (QED) is 0.856. The molecule has 0 radical (unpaired) electrons. The molecule has 17 heavy (non-hydrogen) atoms. The predicted molar refractivity (Wildman–Crippen MR) is 71.2 cm³/mol. The lowest BCUT2D eigenvalue weighted by atomic mass is 10.0. The number of hydrogen-bond donors (Lipinski definition) is 1. The van der Waals surface area contributed by atoms with Crippen molar-refractivity contribution in [3.63, 3.8) is 0 Å². The third kappa shape index (κ3) is 2.63. The van der Waals surface area contributed by atoms with Crippen LogP contribution in [0.5, 0.6) is 5.75 Å². The second-order valence-corrected chi connectivity index (χ2v) is 5.00. The van der Waals surface area contributed by atoms with E-state index in [2.05, 4.69) is 18.7 Å². The number of para-hydroxylation sites is 1. The SMILES string of the molecule is CCN(C1CCCC1)C(C)c1ccccc1O. The second-order valence-electron chi connectivity index (χ2n) is 5.00. The summed E-state index contributed by atoms with van der Waals surface area (Å²) >= 11 is 0. The normalized spacial score (nSPS) is 18.8. The van der Waals surface area contributed by atoms with Crippen LogP contribution < -0.4 is 0 Å². The molecule has 1 atom stereocenters. The number of hydrogen-bond acceptors (Lipinski definition) is 2. The van der Waals surface area contributed by atoms with Crippen molar-refractivity contribution in [2.75, 3.05) is 6.54 Å². The lowest BCUT2D eigenvalue weighted by Crippen LogP contribution is -2.35. The third-order valence-electron chi connectivity index (χ3n) is 4.04. The van der Waals surface area contributed by atoms with Gasteiger partial charge in [-0.25, -0.2) is 0 Å². The summed E-state index contributed by atoms with van der Waals surface area (Å²) in [5.74, 6) is 0.427. The summed E-state index contributed by atoms with van der Waals surface area (Å²) in [6.07, 6.45) is 5.33. The smallest absolute Gasteiger partial charge is 0.120 e. The summed E-state index contributed by atoms with van der Waals surface area (Å²) in [4.78, 5) is 2.53. The Morgan fingerprint density at radius 1 is 1.29 bits per heavy atom. The van der Waals surface area contributed by atoms with Gasteiger partial charge in [0, 0.05) is 17.6 Å². The Hall–Kier alpha value is -1.02. The molecule has 2 rings (SSSR count). The first kappa shape index (κ1) is 12.4. The van der Waals surface area contributed by atoms with Crippen LogP contribution in [-0.4, -0.2) is 22.6 Å². The second kappa shape index (κ2) is 5.54. The summed E-state index contributed by atoms with van der Waals surface area (Å²) in [7, 11) is 0. The molecule has 2 heteroatoms. The van der Waals surface area contributed by atoms with E-state index in [1.807, 2.05) is 18.2 Å². The fraction of sp³-hybridized carbons (Fsp3) is 0.600.